The molecule has 0 fully saturated rings. The lowest BCUT2D eigenvalue weighted by Crippen LogP contribution is -2.37. The topological polar surface area (TPSA) is 67.8 Å². The third-order valence-electron chi connectivity index (χ3n) is 2.61. The molecule has 0 radical (unpaired) electrons. The van der Waals surface area contributed by atoms with Crippen LogP contribution in [-0.2, 0) is 15.9 Å². The number of hydrogen-bond acceptors (Lipinski definition) is 4. The van der Waals surface area contributed by atoms with Gasteiger partial charge in [-0.1, -0.05) is 44.2 Å². The Morgan fingerprint density at radius 2 is 2.00 bits per heavy atom. The van der Waals surface area contributed by atoms with E-state index in [1.165, 1.54) is 0 Å². The van der Waals surface area contributed by atoms with Gasteiger partial charge >= 0.3 is 6.09 Å². The molecule has 1 aromatic rings. The maximum Gasteiger partial charge on any atom is 0.408 e. The number of carbonyl (C=O) groups is 1. The maximum atomic E-state index is 11.8. The van der Waals surface area contributed by atoms with Crippen molar-refractivity contribution in [1.29, 1.82) is 0 Å². The molecule has 0 saturated carbocycles. The van der Waals surface area contributed by atoms with Gasteiger partial charge in [0.1, 0.15) is 12.4 Å². The van der Waals surface area contributed by atoms with Gasteiger partial charge in [0.05, 0.1) is 6.61 Å². The first kappa shape index (κ1) is 16.9. The van der Waals surface area contributed by atoms with E-state index in [2.05, 4.69) is 5.32 Å². The summed E-state index contributed by atoms with van der Waals surface area (Å²) in [5, 5.41) is 2.66. The molecular weight excluding hydrogens is 277 g/mol. The molecule has 0 aliphatic carbocycles. The summed E-state index contributed by atoms with van der Waals surface area (Å²) in [6, 6.07) is 9.43. The Kier molecular flexibility index (Phi) is 7.52. The predicted molar refractivity (Wildman–Crippen MR) is 79.2 cm³/mol. The number of amides is 1. The van der Waals surface area contributed by atoms with Crippen molar-refractivity contribution >= 4 is 14.5 Å². The van der Waals surface area contributed by atoms with Crippen LogP contribution in [0.1, 0.15) is 26.3 Å². The maximum absolute atomic E-state index is 11.8. The van der Waals surface area contributed by atoms with E-state index in [4.69, 9.17) is 9.26 Å². The van der Waals surface area contributed by atoms with Gasteiger partial charge in [-0.3, -0.25) is 0 Å². The highest BCUT2D eigenvalue weighted by Gasteiger charge is 2.26. The third-order valence-corrected chi connectivity index (χ3v) is 4.33. The molecule has 6 heteroatoms. The van der Waals surface area contributed by atoms with Crippen molar-refractivity contribution < 1.29 is 18.9 Å². The quantitative estimate of drug-likeness (QED) is 0.758. The SMILES string of the molecule is CCOP(O)C(NC(=O)OCc1ccccc1)C(C)C. The molecule has 0 spiro atoms. The highest BCUT2D eigenvalue weighted by molar-refractivity contribution is 7.47. The lowest BCUT2D eigenvalue weighted by Gasteiger charge is -2.25. The van der Waals surface area contributed by atoms with Crippen LogP contribution in [-0.4, -0.2) is 23.4 Å². The fraction of sp³-hybridized carbons (Fsp3) is 0.500. The van der Waals surface area contributed by atoms with Crippen LogP contribution in [0.2, 0.25) is 0 Å². The Labute approximate surface area is 121 Å². The Balaban J connectivity index is 2.46. The zero-order valence-corrected chi connectivity index (χ0v) is 13.0. The summed E-state index contributed by atoms with van der Waals surface area (Å²) < 4.78 is 10.3. The predicted octanol–water partition coefficient (Wildman–Crippen LogP) is 3.24. The first-order valence-corrected chi connectivity index (χ1v) is 7.91. The second kappa shape index (κ2) is 8.90. The minimum absolute atomic E-state index is 0.0573. The summed E-state index contributed by atoms with van der Waals surface area (Å²) in [7, 11) is -1.69. The van der Waals surface area contributed by atoms with Gasteiger partial charge in [-0.15, -0.1) is 0 Å². The zero-order chi connectivity index (χ0) is 15.0. The van der Waals surface area contributed by atoms with Gasteiger partial charge in [-0.25, -0.2) is 4.79 Å². The summed E-state index contributed by atoms with van der Waals surface area (Å²) in [5.74, 6) is -0.379. The molecule has 0 aliphatic heterocycles. The molecule has 20 heavy (non-hydrogen) atoms. The van der Waals surface area contributed by atoms with Gasteiger partial charge in [-0.2, -0.15) is 0 Å². The summed E-state index contributed by atoms with van der Waals surface area (Å²) in [5.41, 5.74) is 0.916. The van der Waals surface area contributed by atoms with Crippen molar-refractivity contribution in [3.8, 4) is 0 Å². The van der Waals surface area contributed by atoms with Gasteiger partial charge < -0.3 is 19.5 Å². The van der Waals surface area contributed by atoms with E-state index < -0.39 is 20.3 Å². The number of carbonyl (C=O) groups excluding carboxylic acids is 1. The monoisotopic (exact) mass is 299 g/mol. The Morgan fingerprint density at radius 1 is 1.35 bits per heavy atom. The number of rotatable bonds is 7. The molecule has 5 nitrogen and oxygen atoms in total. The van der Waals surface area contributed by atoms with Crippen molar-refractivity contribution in [2.45, 2.75) is 33.2 Å². The minimum atomic E-state index is -1.69. The van der Waals surface area contributed by atoms with Gasteiger partial charge in [-0.05, 0) is 18.4 Å². The zero-order valence-electron chi connectivity index (χ0n) is 12.1. The minimum Gasteiger partial charge on any atom is -0.445 e. The fourth-order valence-electron chi connectivity index (χ4n) is 1.58. The van der Waals surface area contributed by atoms with Crippen molar-refractivity contribution in [1.82, 2.24) is 5.32 Å². The number of ether oxygens (including phenoxy) is 1. The van der Waals surface area contributed by atoms with Crippen LogP contribution in [0.4, 0.5) is 4.79 Å². The largest absolute Gasteiger partial charge is 0.445 e. The van der Waals surface area contributed by atoms with E-state index >= 15 is 0 Å². The molecule has 1 amide bonds. The summed E-state index contributed by atoms with van der Waals surface area (Å²) in [6.45, 7) is 6.23. The standard InChI is InChI=1S/C14H22NO4P/c1-4-19-20(17)13(11(2)3)15-14(16)18-10-12-8-6-5-7-9-12/h5-9,11,13,17H,4,10H2,1-3H3,(H,15,16). The van der Waals surface area contributed by atoms with Crippen molar-refractivity contribution in [3.63, 3.8) is 0 Å². The molecule has 0 aromatic heterocycles. The van der Waals surface area contributed by atoms with Crippen LogP contribution in [0, 0.1) is 5.92 Å². The van der Waals surface area contributed by atoms with Gasteiger partial charge in [0, 0.05) is 0 Å². The highest BCUT2D eigenvalue weighted by atomic mass is 31.2. The Morgan fingerprint density at radius 3 is 2.55 bits per heavy atom. The molecule has 0 bridgehead atoms. The van der Waals surface area contributed by atoms with Crippen LogP contribution in [0.15, 0.2) is 30.3 Å². The van der Waals surface area contributed by atoms with E-state index in [1.54, 1.807) is 6.92 Å². The second-order valence-corrected chi connectivity index (χ2v) is 6.03. The van der Waals surface area contributed by atoms with Gasteiger partial charge in [0.2, 0.25) is 0 Å². The number of alkyl carbamates (subject to hydrolysis) is 1. The van der Waals surface area contributed by atoms with E-state index in [9.17, 15) is 9.69 Å². The van der Waals surface area contributed by atoms with Gasteiger partial charge in [0.15, 0.2) is 8.38 Å². The molecule has 1 rings (SSSR count). The fourth-order valence-corrected chi connectivity index (χ4v) is 2.73. The average Bonchev–Trinajstić information content (AvgIpc) is 2.43. The Hall–Kier alpha value is -1.16. The summed E-state index contributed by atoms with van der Waals surface area (Å²) in [6.07, 6.45) is -0.547. The molecule has 2 unspecified atom stereocenters. The normalized spacial score (nSPS) is 13.8. The molecule has 1 aromatic carbocycles. The van der Waals surface area contributed by atoms with E-state index in [0.717, 1.165) is 5.56 Å². The van der Waals surface area contributed by atoms with E-state index in [-0.39, 0.29) is 12.5 Å². The van der Waals surface area contributed by atoms with E-state index in [1.807, 2.05) is 44.2 Å². The van der Waals surface area contributed by atoms with Crippen molar-refractivity contribution in [3.05, 3.63) is 35.9 Å². The second-order valence-electron chi connectivity index (χ2n) is 4.62. The van der Waals surface area contributed by atoms with Crippen molar-refractivity contribution in [2.24, 2.45) is 5.92 Å². The number of hydrogen-bond donors (Lipinski definition) is 2. The lowest BCUT2D eigenvalue weighted by atomic mass is 10.2. The molecule has 0 saturated heterocycles. The smallest absolute Gasteiger partial charge is 0.408 e. The summed E-state index contributed by atoms with van der Waals surface area (Å²) >= 11 is 0. The first-order chi connectivity index (χ1) is 9.54. The van der Waals surface area contributed by atoms with Crippen LogP contribution >= 0.6 is 8.38 Å². The van der Waals surface area contributed by atoms with Crippen LogP contribution in [0.5, 0.6) is 0 Å². The van der Waals surface area contributed by atoms with Crippen LogP contribution in [0.25, 0.3) is 0 Å². The molecular formula is C14H22NO4P. The molecule has 2 atom stereocenters. The average molecular weight is 299 g/mol. The molecule has 0 heterocycles. The lowest BCUT2D eigenvalue weighted by molar-refractivity contribution is 0.135. The number of nitrogens with one attached hydrogen (secondary N) is 1. The number of benzene rings is 1. The van der Waals surface area contributed by atoms with Crippen molar-refractivity contribution in [2.75, 3.05) is 6.61 Å². The molecule has 112 valence electrons. The summed E-state index contributed by atoms with van der Waals surface area (Å²) in [4.78, 5) is 21.6. The first-order valence-electron chi connectivity index (χ1n) is 6.62. The van der Waals surface area contributed by atoms with E-state index in [0.29, 0.717) is 6.61 Å². The van der Waals surface area contributed by atoms with Gasteiger partial charge in [0.25, 0.3) is 0 Å². The Bertz CT molecular complexity index is 399. The molecule has 2 N–H and O–H groups in total. The van der Waals surface area contributed by atoms with Crippen LogP contribution in [0.3, 0.4) is 0 Å². The third kappa shape index (κ3) is 5.87. The molecule has 0 aliphatic rings. The highest BCUT2D eigenvalue weighted by Crippen LogP contribution is 2.39. The van der Waals surface area contributed by atoms with Crippen LogP contribution < -0.4 is 5.32 Å².